The molecule has 0 aliphatic carbocycles. The molecule has 0 saturated heterocycles. The first kappa shape index (κ1) is 19.0. The SMILES string of the molecule is COC(=O)c1cccc2c1N(C(=O)Cc1csc(NC(=O)C(C)C)n1)CC2. The average Bonchev–Trinajstić information content (AvgIpc) is 3.27. The van der Waals surface area contributed by atoms with Gasteiger partial charge in [0.2, 0.25) is 11.8 Å². The van der Waals surface area contributed by atoms with Gasteiger partial charge in [-0.05, 0) is 18.1 Å². The van der Waals surface area contributed by atoms with Crippen LogP contribution in [0.2, 0.25) is 0 Å². The number of fused-ring (bicyclic) bond motifs is 1. The molecule has 0 fully saturated rings. The summed E-state index contributed by atoms with van der Waals surface area (Å²) in [5.74, 6) is -0.855. The van der Waals surface area contributed by atoms with Gasteiger partial charge >= 0.3 is 5.97 Å². The molecule has 2 amide bonds. The van der Waals surface area contributed by atoms with Crippen LogP contribution < -0.4 is 10.2 Å². The lowest BCUT2D eigenvalue weighted by Crippen LogP contribution is -2.31. The highest BCUT2D eigenvalue weighted by Gasteiger charge is 2.30. The Morgan fingerprint density at radius 3 is 2.81 bits per heavy atom. The molecule has 27 heavy (non-hydrogen) atoms. The Kier molecular flexibility index (Phi) is 5.55. The minimum Gasteiger partial charge on any atom is -0.465 e. The molecule has 1 aliphatic heterocycles. The third-order valence-corrected chi connectivity index (χ3v) is 5.15. The summed E-state index contributed by atoms with van der Waals surface area (Å²) in [6, 6.07) is 5.37. The molecule has 0 bridgehead atoms. The van der Waals surface area contributed by atoms with Gasteiger partial charge in [-0.25, -0.2) is 9.78 Å². The number of benzene rings is 1. The van der Waals surface area contributed by atoms with Crippen LogP contribution in [0.25, 0.3) is 0 Å². The van der Waals surface area contributed by atoms with Crippen molar-refractivity contribution < 1.29 is 19.1 Å². The molecule has 1 N–H and O–H groups in total. The normalized spacial score (nSPS) is 12.8. The van der Waals surface area contributed by atoms with Crippen LogP contribution in [0.15, 0.2) is 23.6 Å². The Balaban J connectivity index is 1.75. The van der Waals surface area contributed by atoms with E-state index in [1.54, 1.807) is 36.3 Å². The fraction of sp³-hybridized carbons (Fsp3) is 0.368. The molecule has 0 radical (unpaired) electrons. The second-order valence-electron chi connectivity index (χ2n) is 6.56. The summed E-state index contributed by atoms with van der Waals surface area (Å²) in [6.45, 7) is 4.12. The lowest BCUT2D eigenvalue weighted by Gasteiger charge is -2.19. The van der Waals surface area contributed by atoms with E-state index >= 15 is 0 Å². The zero-order valence-electron chi connectivity index (χ0n) is 15.4. The molecule has 0 saturated carbocycles. The zero-order valence-corrected chi connectivity index (χ0v) is 16.3. The zero-order chi connectivity index (χ0) is 19.6. The Labute approximate surface area is 161 Å². The summed E-state index contributed by atoms with van der Waals surface area (Å²) in [5.41, 5.74) is 2.56. The Morgan fingerprint density at radius 1 is 1.33 bits per heavy atom. The smallest absolute Gasteiger partial charge is 0.339 e. The second kappa shape index (κ2) is 7.87. The van der Waals surface area contributed by atoms with Crippen LogP contribution >= 0.6 is 11.3 Å². The van der Waals surface area contributed by atoms with Crippen molar-refractivity contribution in [1.82, 2.24) is 4.98 Å². The van der Waals surface area contributed by atoms with Crippen molar-refractivity contribution >= 4 is 39.9 Å². The van der Waals surface area contributed by atoms with Gasteiger partial charge in [-0.2, -0.15) is 0 Å². The maximum absolute atomic E-state index is 12.8. The molecule has 2 heterocycles. The molecule has 142 valence electrons. The van der Waals surface area contributed by atoms with E-state index in [1.165, 1.54) is 18.4 Å². The predicted octanol–water partition coefficient (Wildman–Crippen LogP) is 2.66. The van der Waals surface area contributed by atoms with Crippen LogP contribution in [0.3, 0.4) is 0 Å². The maximum Gasteiger partial charge on any atom is 0.339 e. The van der Waals surface area contributed by atoms with Gasteiger partial charge in [0.05, 0.1) is 30.5 Å². The van der Waals surface area contributed by atoms with Gasteiger partial charge in [-0.1, -0.05) is 26.0 Å². The first-order valence-corrected chi connectivity index (χ1v) is 9.54. The number of aromatic nitrogens is 1. The number of thiazole rings is 1. The highest BCUT2D eigenvalue weighted by Crippen LogP contribution is 2.33. The van der Waals surface area contributed by atoms with Crippen LogP contribution in [0.5, 0.6) is 0 Å². The summed E-state index contributed by atoms with van der Waals surface area (Å²) in [5, 5.41) is 4.98. The molecule has 0 spiro atoms. The fourth-order valence-electron chi connectivity index (χ4n) is 2.93. The number of amides is 2. The van der Waals surface area contributed by atoms with Crippen molar-refractivity contribution in [2.24, 2.45) is 5.92 Å². The van der Waals surface area contributed by atoms with E-state index in [-0.39, 0.29) is 24.2 Å². The number of hydrogen-bond donors (Lipinski definition) is 1. The van der Waals surface area contributed by atoms with Gasteiger partial charge in [-0.15, -0.1) is 11.3 Å². The van der Waals surface area contributed by atoms with Crippen molar-refractivity contribution in [2.45, 2.75) is 26.7 Å². The molecule has 3 rings (SSSR count). The molecule has 1 aromatic heterocycles. The topological polar surface area (TPSA) is 88.6 Å². The highest BCUT2D eigenvalue weighted by molar-refractivity contribution is 7.13. The highest BCUT2D eigenvalue weighted by atomic mass is 32.1. The number of anilines is 2. The van der Waals surface area contributed by atoms with E-state index in [1.807, 2.05) is 6.07 Å². The van der Waals surface area contributed by atoms with Crippen LogP contribution in [0, 0.1) is 5.92 Å². The quantitative estimate of drug-likeness (QED) is 0.797. The fourth-order valence-corrected chi connectivity index (χ4v) is 3.64. The minimum absolute atomic E-state index is 0.100. The molecule has 1 aliphatic rings. The molecule has 7 nitrogen and oxygen atoms in total. The Bertz CT molecular complexity index is 891. The number of rotatable bonds is 5. The van der Waals surface area contributed by atoms with Crippen LogP contribution in [-0.2, 0) is 27.2 Å². The van der Waals surface area contributed by atoms with Crippen LogP contribution in [0.4, 0.5) is 10.8 Å². The molecule has 1 aromatic carbocycles. The van der Waals surface area contributed by atoms with E-state index in [9.17, 15) is 14.4 Å². The van der Waals surface area contributed by atoms with Gasteiger partial charge in [0.15, 0.2) is 5.13 Å². The lowest BCUT2D eigenvalue weighted by molar-refractivity contribution is -0.119. The Morgan fingerprint density at radius 2 is 2.11 bits per heavy atom. The lowest BCUT2D eigenvalue weighted by atomic mass is 10.1. The van der Waals surface area contributed by atoms with E-state index in [0.717, 1.165) is 5.56 Å². The number of nitrogens with one attached hydrogen (secondary N) is 1. The van der Waals surface area contributed by atoms with Crippen LogP contribution in [-0.4, -0.2) is 36.4 Å². The monoisotopic (exact) mass is 387 g/mol. The number of carbonyl (C=O) groups excluding carboxylic acids is 3. The molecule has 0 unspecified atom stereocenters. The maximum atomic E-state index is 12.8. The summed E-state index contributed by atoms with van der Waals surface area (Å²) in [6.07, 6.45) is 0.793. The largest absolute Gasteiger partial charge is 0.465 e. The summed E-state index contributed by atoms with van der Waals surface area (Å²) in [7, 11) is 1.32. The van der Waals surface area contributed by atoms with E-state index in [0.29, 0.717) is 35.0 Å². The molecule has 8 heteroatoms. The Hall–Kier alpha value is -2.74. The van der Waals surface area contributed by atoms with Crippen molar-refractivity contribution in [3.63, 3.8) is 0 Å². The number of carbonyl (C=O) groups is 3. The molecule has 0 atom stereocenters. The van der Waals surface area contributed by atoms with Gasteiger partial charge in [-0.3, -0.25) is 9.59 Å². The summed E-state index contributed by atoms with van der Waals surface area (Å²) < 4.78 is 4.84. The van der Waals surface area contributed by atoms with E-state index < -0.39 is 5.97 Å². The van der Waals surface area contributed by atoms with Crippen LogP contribution in [0.1, 0.15) is 35.5 Å². The number of methoxy groups -OCH3 is 1. The van der Waals surface area contributed by atoms with Gasteiger partial charge in [0, 0.05) is 17.8 Å². The first-order valence-electron chi connectivity index (χ1n) is 8.66. The number of hydrogen-bond acceptors (Lipinski definition) is 6. The third-order valence-electron chi connectivity index (χ3n) is 4.34. The van der Waals surface area contributed by atoms with Gasteiger partial charge in [0.1, 0.15) is 0 Å². The predicted molar refractivity (Wildman–Crippen MR) is 103 cm³/mol. The van der Waals surface area contributed by atoms with Gasteiger partial charge in [0.25, 0.3) is 0 Å². The van der Waals surface area contributed by atoms with Gasteiger partial charge < -0.3 is 15.0 Å². The molecule has 2 aromatic rings. The second-order valence-corrected chi connectivity index (χ2v) is 7.42. The van der Waals surface area contributed by atoms with Crippen molar-refractivity contribution in [3.05, 3.63) is 40.4 Å². The van der Waals surface area contributed by atoms with E-state index in [4.69, 9.17) is 4.74 Å². The standard InChI is InChI=1S/C19H21N3O4S/c1-11(2)17(24)21-19-20-13(10-27-19)9-15(23)22-8-7-12-5-4-6-14(16(12)22)18(25)26-3/h4-6,10-11H,7-9H2,1-3H3,(H,20,21,24). The summed E-state index contributed by atoms with van der Waals surface area (Å²) in [4.78, 5) is 42.6. The molecular formula is C19H21N3O4S. The number of esters is 1. The van der Waals surface area contributed by atoms with E-state index in [2.05, 4.69) is 10.3 Å². The first-order chi connectivity index (χ1) is 12.9. The minimum atomic E-state index is -0.459. The number of ether oxygens (including phenoxy) is 1. The van der Waals surface area contributed by atoms with Crippen molar-refractivity contribution in [1.29, 1.82) is 0 Å². The summed E-state index contributed by atoms with van der Waals surface area (Å²) >= 11 is 1.29. The van der Waals surface area contributed by atoms with Crippen molar-refractivity contribution in [3.8, 4) is 0 Å². The van der Waals surface area contributed by atoms with Crippen molar-refractivity contribution in [2.75, 3.05) is 23.9 Å². The average molecular weight is 387 g/mol. The number of para-hydroxylation sites is 1. The molecular weight excluding hydrogens is 366 g/mol. The third kappa shape index (κ3) is 4.00. The number of nitrogens with zero attached hydrogens (tertiary/aromatic N) is 2.